The van der Waals surface area contributed by atoms with E-state index in [1.165, 1.54) is 26.4 Å². The Morgan fingerprint density at radius 2 is 2.29 bits per heavy atom. The molecule has 0 amide bonds. The van der Waals surface area contributed by atoms with E-state index < -0.39 is 0 Å². The maximum atomic E-state index is 10.9. The zero-order valence-corrected chi connectivity index (χ0v) is 9.43. The van der Waals surface area contributed by atoms with Gasteiger partial charge in [0.25, 0.3) is 0 Å². The maximum Gasteiger partial charge on any atom is 0.306 e. The van der Waals surface area contributed by atoms with Crippen LogP contribution in [0.4, 0.5) is 0 Å². The molecule has 0 aromatic carbocycles. The van der Waals surface area contributed by atoms with E-state index in [4.69, 9.17) is 0 Å². The Bertz CT molecular complexity index is 201. The molecule has 1 fully saturated rings. The number of methoxy groups -OCH3 is 1. The third-order valence-corrected chi connectivity index (χ3v) is 3.20. The minimum atomic E-state index is -0.131. The molecule has 1 unspecified atom stereocenters. The second kappa shape index (κ2) is 4.78. The summed E-state index contributed by atoms with van der Waals surface area (Å²) in [5.74, 6) is -0.131. The summed E-state index contributed by atoms with van der Waals surface area (Å²) >= 11 is 0. The fourth-order valence-corrected chi connectivity index (χ4v) is 2.16. The van der Waals surface area contributed by atoms with Crippen molar-refractivity contribution in [1.82, 2.24) is 5.32 Å². The van der Waals surface area contributed by atoms with Crippen LogP contribution in [0, 0.1) is 5.41 Å². The molecule has 1 rings (SSSR count). The van der Waals surface area contributed by atoms with Crippen LogP contribution in [0.15, 0.2) is 0 Å². The average Bonchev–Trinajstić information content (AvgIpc) is 2.45. The Morgan fingerprint density at radius 3 is 2.79 bits per heavy atom. The third kappa shape index (κ3) is 2.98. The van der Waals surface area contributed by atoms with Crippen molar-refractivity contribution >= 4 is 5.97 Å². The molecule has 0 bridgehead atoms. The summed E-state index contributed by atoms with van der Waals surface area (Å²) in [6.07, 6.45) is 4.28. The van der Waals surface area contributed by atoms with Gasteiger partial charge in [-0.3, -0.25) is 4.79 Å². The lowest BCUT2D eigenvalue weighted by Crippen LogP contribution is -2.38. The predicted octanol–water partition coefficient (Wildman–Crippen LogP) is 1.72. The van der Waals surface area contributed by atoms with Gasteiger partial charge in [0.05, 0.1) is 13.5 Å². The van der Waals surface area contributed by atoms with Crippen molar-refractivity contribution in [2.24, 2.45) is 5.41 Å². The Hall–Kier alpha value is -0.570. The maximum absolute atomic E-state index is 10.9. The molecular formula is C11H21NO2. The lowest BCUT2D eigenvalue weighted by molar-refractivity contribution is -0.140. The van der Waals surface area contributed by atoms with Gasteiger partial charge in [0.2, 0.25) is 0 Å². The van der Waals surface area contributed by atoms with Gasteiger partial charge in [-0.1, -0.05) is 20.3 Å². The minimum Gasteiger partial charge on any atom is -0.469 e. The van der Waals surface area contributed by atoms with E-state index in [2.05, 4.69) is 23.9 Å². The summed E-state index contributed by atoms with van der Waals surface area (Å²) in [4.78, 5) is 10.9. The van der Waals surface area contributed by atoms with Crippen molar-refractivity contribution < 1.29 is 9.53 Å². The molecule has 0 radical (unpaired) electrons. The Labute approximate surface area is 86.2 Å². The molecule has 1 aliphatic carbocycles. The largest absolute Gasteiger partial charge is 0.469 e. The van der Waals surface area contributed by atoms with Gasteiger partial charge >= 0.3 is 5.97 Å². The van der Waals surface area contributed by atoms with Crippen molar-refractivity contribution in [3.05, 3.63) is 0 Å². The van der Waals surface area contributed by atoms with Crippen LogP contribution >= 0.6 is 0 Å². The summed E-state index contributed by atoms with van der Waals surface area (Å²) in [6.45, 7) is 5.31. The summed E-state index contributed by atoms with van der Waals surface area (Å²) in [5, 5.41) is 3.44. The normalized spacial score (nSPS) is 24.9. The van der Waals surface area contributed by atoms with Crippen molar-refractivity contribution in [1.29, 1.82) is 0 Å². The van der Waals surface area contributed by atoms with E-state index in [9.17, 15) is 4.79 Å². The SMILES string of the molecule is COC(=O)CCNC1CCCC1(C)C. The summed E-state index contributed by atoms with van der Waals surface area (Å²) < 4.78 is 4.59. The number of rotatable bonds is 4. The predicted molar refractivity (Wildman–Crippen MR) is 56.1 cm³/mol. The summed E-state index contributed by atoms with van der Waals surface area (Å²) in [6, 6.07) is 0.562. The highest BCUT2D eigenvalue weighted by Crippen LogP contribution is 2.36. The number of ether oxygens (including phenoxy) is 1. The quantitative estimate of drug-likeness (QED) is 0.701. The van der Waals surface area contributed by atoms with E-state index in [1.54, 1.807) is 0 Å². The first-order valence-corrected chi connectivity index (χ1v) is 5.36. The van der Waals surface area contributed by atoms with Gasteiger partial charge < -0.3 is 10.1 Å². The standard InChI is InChI=1S/C11H21NO2/c1-11(2)7-4-5-9(11)12-8-6-10(13)14-3/h9,12H,4-8H2,1-3H3. The fourth-order valence-electron chi connectivity index (χ4n) is 2.16. The van der Waals surface area contributed by atoms with E-state index in [0.29, 0.717) is 17.9 Å². The van der Waals surface area contributed by atoms with Crippen molar-refractivity contribution in [2.45, 2.75) is 45.6 Å². The topological polar surface area (TPSA) is 38.3 Å². The van der Waals surface area contributed by atoms with E-state index in [-0.39, 0.29) is 5.97 Å². The first-order valence-electron chi connectivity index (χ1n) is 5.36. The van der Waals surface area contributed by atoms with Crippen LogP contribution in [0.5, 0.6) is 0 Å². The molecule has 1 N–H and O–H groups in total. The third-order valence-electron chi connectivity index (χ3n) is 3.20. The molecule has 0 heterocycles. The van der Waals surface area contributed by atoms with Gasteiger partial charge in [0.1, 0.15) is 0 Å². The number of hydrogen-bond acceptors (Lipinski definition) is 3. The summed E-state index contributed by atoms with van der Waals surface area (Å²) in [5.41, 5.74) is 0.385. The smallest absolute Gasteiger partial charge is 0.306 e. The van der Waals surface area contributed by atoms with Gasteiger partial charge in [0.15, 0.2) is 0 Å². The average molecular weight is 199 g/mol. The fraction of sp³-hybridized carbons (Fsp3) is 0.909. The first kappa shape index (κ1) is 11.5. The highest BCUT2D eigenvalue weighted by molar-refractivity contribution is 5.69. The number of hydrogen-bond donors (Lipinski definition) is 1. The van der Waals surface area contributed by atoms with E-state index in [0.717, 1.165) is 6.54 Å². The van der Waals surface area contributed by atoms with E-state index in [1.807, 2.05) is 0 Å². The second-order valence-corrected chi connectivity index (χ2v) is 4.71. The number of nitrogens with one attached hydrogen (secondary N) is 1. The van der Waals surface area contributed by atoms with Gasteiger partial charge in [0, 0.05) is 12.6 Å². The Kier molecular flexibility index (Phi) is 3.93. The van der Waals surface area contributed by atoms with Crippen LogP contribution < -0.4 is 5.32 Å². The summed E-state index contributed by atoms with van der Waals surface area (Å²) in [7, 11) is 1.43. The molecule has 1 saturated carbocycles. The molecule has 0 spiro atoms. The van der Waals surface area contributed by atoms with Gasteiger partial charge in [-0.2, -0.15) is 0 Å². The van der Waals surface area contributed by atoms with Crippen LogP contribution in [-0.2, 0) is 9.53 Å². The molecule has 0 aromatic rings. The number of carbonyl (C=O) groups is 1. The molecule has 1 atom stereocenters. The van der Waals surface area contributed by atoms with Gasteiger partial charge in [-0.25, -0.2) is 0 Å². The van der Waals surface area contributed by atoms with Crippen LogP contribution in [0.1, 0.15) is 39.5 Å². The molecule has 0 aliphatic heterocycles. The highest BCUT2D eigenvalue weighted by atomic mass is 16.5. The zero-order valence-electron chi connectivity index (χ0n) is 9.43. The molecule has 82 valence electrons. The highest BCUT2D eigenvalue weighted by Gasteiger charge is 2.33. The van der Waals surface area contributed by atoms with Crippen LogP contribution in [0.25, 0.3) is 0 Å². The molecule has 14 heavy (non-hydrogen) atoms. The van der Waals surface area contributed by atoms with Gasteiger partial charge in [-0.15, -0.1) is 0 Å². The molecule has 0 saturated heterocycles. The minimum absolute atomic E-state index is 0.131. The van der Waals surface area contributed by atoms with Crippen LogP contribution in [0.3, 0.4) is 0 Å². The van der Waals surface area contributed by atoms with Crippen LogP contribution in [0.2, 0.25) is 0 Å². The van der Waals surface area contributed by atoms with Crippen molar-refractivity contribution in [3.8, 4) is 0 Å². The van der Waals surface area contributed by atoms with Crippen molar-refractivity contribution in [2.75, 3.05) is 13.7 Å². The van der Waals surface area contributed by atoms with Crippen LogP contribution in [-0.4, -0.2) is 25.7 Å². The van der Waals surface area contributed by atoms with Gasteiger partial charge in [-0.05, 0) is 18.3 Å². The van der Waals surface area contributed by atoms with E-state index >= 15 is 0 Å². The lowest BCUT2D eigenvalue weighted by atomic mass is 9.87. The molecule has 3 heteroatoms. The lowest BCUT2D eigenvalue weighted by Gasteiger charge is -2.27. The number of carbonyl (C=O) groups excluding carboxylic acids is 1. The zero-order chi connectivity index (χ0) is 10.6. The number of esters is 1. The molecule has 1 aliphatic rings. The second-order valence-electron chi connectivity index (χ2n) is 4.71. The molecular weight excluding hydrogens is 178 g/mol. The Balaban J connectivity index is 2.21. The van der Waals surface area contributed by atoms with Crippen molar-refractivity contribution in [3.63, 3.8) is 0 Å². The molecule has 0 aromatic heterocycles. The monoisotopic (exact) mass is 199 g/mol. The Morgan fingerprint density at radius 1 is 1.57 bits per heavy atom. The molecule has 3 nitrogen and oxygen atoms in total. The first-order chi connectivity index (χ1) is 6.56.